The van der Waals surface area contributed by atoms with Gasteiger partial charge in [0.25, 0.3) is 0 Å². The average Bonchev–Trinajstić information content (AvgIpc) is 2.59. The number of rotatable bonds is 5. The number of fused-ring (bicyclic) bond motifs is 1. The van der Waals surface area contributed by atoms with E-state index in [1.165, 1.54) is 5.56 Å². The third-order valence-electron chi connectivity index (χ3n) is 4.89. The molecule has 5 heteroatoms. The molecule has 1 fully saturated rings. The Morgan fingerprint density at radius 3 is 2.57 bits per heavy atom. The van der Waals surface area contributed by atoms with Crippen LogP contribution in [0.5, 0.6) is 11.5 Å². The fourth-order valence-corrected chi connectivity index (χ4v) is 3.52. The molecule has 0 aromatic heterocycles. The van der Waals surface area contributed by atoms with E-state index in [0.717, 1.165) is 43.6 Å². The highest BCUT2D eigenvalue weighted by Gasteiger charge is 2.27. The number of carboxylic acid groups (broad SMARTS) is 1. The van der Waals surface area contributed by atoms with Crippen LogP contribution in [0.2, 0.25) is 0 Å². The van der Waals surface area contributed by atoms with Crippen molar-refractivity contribution in [1.82, 2.24) is 5.32 Å². The van der Waals surface area contributed by atoms with E-state index in [-0.39, 0.29) is 12.0 Å². The van der Waals surface area contributed by atoms with E-state index in [4.69, 9.17) is 14.6 Å². The number of benzene rings is 1. The molecule has 1 aromatic rings. The standard InChI is InChI=1S/C18H25NO4/c1-2-15(19-14-6-3-12(4-7-14)18(20)21)13-5-8-16-17(11-13)23-10-9-22-16/h5,8,11-12,14-15,19H,2-4,6-7,9-10H2,1H3,(H,20,21). The first-order valence-corrected chi connectivity index (χ1v) is 8.55. The Hall–Kier alpha value is -1.75. The van der Waals surface area contributed by atoms with Gasteiger partial charge >= 0.3 is 5.97 Å². The van der Waals surface area contributed by atoms with Gasteiger partial charge in [-0.3, -0.25) is 4.79 Å². The van der Waals surface area contributed by atoms with E-state index >= 15 is 0 Å². The molecule has 0 spiro atoms. The molecule has 1 heterocycles. The zero-order chi connectivity index (χ0) is 16.2. The summed E-state index contributed by atoms with van der Waals surface area (Å²) in [7, 11) is 0. The molecule has 23 heavy (non-hydrogen) atoms. The summed E-state index contributed by atoms with van der Waals surface area (Å²) in [4.78, 5) is 11.1. The maximum atomic E-state index is 11.1. The van der Waals surface area contributed by atoms with Gasteiger partial charge in [0.2, 0.25) is 0 Å². The second-order valence-corrected chi connectivity index (χ2v) is 6.42. The number of carbonyl (C=O) groups is 1. The molecule has 1 aliphatic carbocycles. The monoisotopic (exact) mass is 319 g/mol. The molecule has 5 nitrogen and oxygen atoms in total. The Balaban J connectivity index is 1.63. The Labute approximate surface area is 137 Å². The van der Waals surface area contributed by atoms with Gasteiger partial charge in [0.05, 0.1) is 5.92 Å². The molecule has 1 atom stereocenters. The molecule has 1 aromatic carbocycles. The zero-order valence-electron chi connectivity index (χ0n) is 13.6. The summed E-state index contributed by atoms with van der Waals surface area (Å²) in [5.74, 6) is 0.824. The van der Waals surface area contributed by atoms with E-state index in [0.29, 0.717) is 19.3 Å². The SMILES string of the molecule is CCC(NC1CCC(C(=O)O)CC1)c1ccc2c(c1)OCCO2. The van der Waals surface area contributed by atoms with Gasteiger partial charge in [0, 0.05) is 12.1 Å². The highest BCUT2D eigenvalue weighted by molar-refractivity contribution is 5.70. The molecule has 2 aliphatic rings. The van der Waals surface area contributed by atoms with Crippen molar-refractivity contribution in [3.8, 4) is 11.5 Å². The van der Waals surface area contributed by atoms with Crippen LogP contribution in [-0.4, -0.2) is 30.3 Å². The first kappa shape index (κ1) is 16.1. The van der Waals surface area contributed by atoms with Gasteiger partial charge in [-0.2, -0.15) is 0 Å². The highest BCUT2D eigenvalue weighted by atomic mass is 16.6. The molecule has 0 bridgehead atoms. The molecule has 0 radical (unpaired) electrons. The first-order valence-electron chi connectivity index (χ1n) is 8.55. The van der Waals surface area contributed by atoms with Crippen LogP contribution in [0.1, 0.15) is 50.6 Å². The lowest BCUT2D eigenvalue weighted by atomic mass is 9.85. The van der Waals surface area contributed by atoms with Crippen molar-refractivity contribution in [2.45, 2.75) is 51.1 Å². The second-order valence-electron chi connectivity index (χ2n) is 6.42. The third-order valence-corrected chi connectivity index (χ3v) is 4.89. The van der Waals surface area contributed by atoms with E-state index < -0.39 is 5.97 Å². The molecule has 1 aliphatic heterocycles. The van der Waals surface area contributed by atoms with Crippen LogP contribution in [0.4, 0.5) is 0 Å². The lowest BCUT2D eigenvalue weighted by Crippen LogP contribution is -2.37. The van der Waals surface area contributed by atoms with Gasteiger partial charge < -0.3 is 19.9 Å². The van der Waals surface area contributed by atoms with Crippen molar-refractivity contribution in [2.24, 2.45) is 5.92 Å². The lowest BCUT2D eigenvalue weighted by molar-refractivity contribution is -0.142. The molecule has 1 saturated carbocycles. The van der Waals surface area contributed by atoms with E-state index in [9.17, 15) is 4.79 Å². The number of carboxylic acids is 1. The predicted octanol–water partition coefficient (Wildman–Crippen LogP) is 3.14. The molecular formula is C18H25NO4. The van der Waals surface area contributed by atoms with Crippen LogP contribution >= 0.6 is 0 Å². The normalized spacial score (nSPS) is 24.9. The van der Waals surface area contributed by atoms with Crippen LogP contribution in [-0.2, 0) is 4.79 Å². The number of hydrogen-bond donors (Lipinski definition) is 2. The van der Waals surface area contributed by atoms with E-state index in [1.54, 1.807) is 0 Å². The lowest BCUT2D eigenvalue weighted by Gasteiger charge is -2.31. The largest absolute Gasteiger partial charge is 0.486 e. The third kappa shape index (κ3) is 3.78. The predicted molar refractivity (Wildman–Crippen MR) is 87.0 cm³/mol. The summed E-state index contributed by atoms with van der Waals surface area (Å²) in [5, 5.41) is 12.8. The smallest absolute Gasteiger partial charge is 0.306 e. The van der Waals surface area contributed by atoms with Crippen LogP contribution < -0.4 is 14.8 Å². The van der Waals surface area contributed by atoms with Crippen molar-refractivity contribution >= 4 is 5.97 Å². The Morgan fingerprint density at radius 2 is 1.91 bits per heavy atom. The maximum absolute atomic E-state index is 11.1. The Morgan fingerprint density at radius 1 is 1.22 bits per heavy atom. The van der Waals surface area contributed by atoms with Gasteiger partial charge in [-0.15, -0.1) is 0 Å². The van der Waals surface area contributed by atoms with Crippen LogP contribution in [0, 0.1) is 5.92 Å². The van der Waals surface area contributed by atoms with Crippen molar-refractivity contribution < 1.29 is 19.4 Å². The second kappa shape index (κ2) is 7.21. The van der Waals surface area contributed by atoms with E-state index in [1.807, 2.05) is 6.07 Å². The highest BCUT2D eigenvalue weighted by Crippen LogP contribution is 2.34. The number of nitrogens with one attached hydrogen (secondary N) is 1. The number of hydrogen-bond acceptors (Lipinski definition) is 4. The summed E-state index contributed by atoms with van der Waals surface area (Å²) in [6.45, 7) is 3.37. The molecule has 0 saturated heterocycles. The fraction of sp³-hybridized carbons (Fsp3) is 0.611. The minimum atomic E-state index is -0.651. The Bertz CT molecular complexity index is 552. The van der Waals surface area contributed by atoms with E-state index in [2.05, 4.69) is 24.4 Å². The van der Waals surface area contributed by atoms with Crippen molar-refractivity contribution in [3.63, 3.8) is 0 Å². The molecular weight excluding hydrogens is 294 g/mol. The van der Waals surface area contributed by atoms with Gasteiger partial charge in [-0.1, -0.05) is 13.0 Å². The van der Waals surface area contributed by atoms with Crippen molar-refractivity contribution in [3.05, 3.63) is 23.8 Å². The van der Waals surface area contributed by atoms with Crippen molar-refractivity contribution in [2.75, 3.05) is 13.2 Å². The molecule has 126 valence electrons. The Kier molecular flexibility index (Phi) is 5.06. The number of aliphatic carboxylic acids is 1. The molecule has 3 rings (SSSR count). The minimum absolute atomic E-state index is 0.164. The van der Waals surface area contributed by atoms with Gasteiger partial charge in [-0.05, 0) is 49.8 Å². The van der Waals surface area contributed by atoms with Crippen LogP contribution in [0.3, 0.4) is 0 Å². The summed E-state index contributed by atoms with van der Waals surface area (Å²) in [6, 6.07) is 6.80. The first-order chi connectivity index (χ1) is 11.2. The number of ether oxygens (including phenoxy) is 2. The average molecular weight is 319 g/mol. The molecule has 1 unspecified atom stereocenters. The zero-order valence-corrected chi connectivity index (χ0v) is 13.6. The molecule has 0 amide bonds. The van der Waals surface area contributed by atoms with Gasteiger partial charge in [0.15, 0.2) is 11.5 Å². The summed E-state index contributed by atoms with van der Waals surface area (Å²) in [6.07, 6.45) is 4.38. The minimum Gasteiger partial charge on any atom is -0.486 e. The fourth-order valence-electron chi connectivity index (χ4n) is 3.52. The molecule has 2 N–H and O–H groups in total. The quantitative estimate of drug-likeness (QED) is 0.872. The van der Waals surface area contributed by atoms with Crippen molar-refractivity contribution in [1.29, 1.82) is 0 Å². The summed E-state index contributed by atoms with van der Waals surface area (Å²) >= 11 is 0. The van der Waals surface area contributed by atoms with Gasteiger partial charge in [0.1, 0.15) is 13.2 Å². The maximum Gasteiger partial charge on any atom is 0.306 e. The van der Waals surface area contributed by atoms with Crippen LogP contribution in [0.25, 0.3) is 0 Å². The van der Waals surface area contributed by atoms with Gasteiger partial charge in [-0.25, -0.2) is 0 Å². The summed E-state index contributed by atoms with van der Waals surface area (Å²) in [5.41, 5.74) is 1.21. The van der Waals surface area contributed by atoms with Crippen LogP contribution in [0.15, 0.2) is 18.2 Å². The summed E-state index contributed by atoms with van der Waals surface area (Å²) < 4.78 is 11.2. The topological polar surface area (TPSA) is 67.8 Å².